The summed E-state index contributed by atoms with van der Waals surface area (Å²) < 4.78 is 52.4. The number of hydrogen-bond donors (Lipinski definition) is 1. The van der Waals surface area contributed by atoms with E-state index in [4.69, 9.17) is 0 Å². The van der Waals surface area contributed by atoms with Gasteiger partial charge in [-0.3, -0.25) is 9.89 Å². The number of benzene rings is 1. The van der Waals surface area contributed by atoms with Crippen LogP contribution in [0.4, 0.5) is 17.6 Å². The number of guanidine groups is 1. The van der Waals surface area contributed by atoms with Crippen LogP contribution < -0.4 is 5.32 Å². The maximum Gasteiger partial charge on any atom is 0.403 e. The van der Waals surface area contributed by atoms with Crippen LogP contribution in [0.5, 0.6) is 0 Å². The lowest BCUT2D eigenvalue weighted by atomic mass is 10.1. The predicted molar refractivity (Wildman–Crippen MR) is 92.7 cm³/mol. The zero-order valence-corrected chi connectivity index (χ0v) is 14.9. The van der Waals surface area contributed by atoms with Crippen LogP contribution in [0.2, 0.25) is 0 Å². The summed E-state index contributed by atoms with van der Waals surface area (Å²) in [6, 6.07) is 5.42. The Morgan fingerprint density at radius 3 is 2.42 bits per heavy atom. The minimum absolute atomic E-state index is 0.109. The summed E-state index contributed by atoms with van der Waals surface area (Å²) in [6.07, 6.45) is -3.38. The van der Waals surface area contributed by atoms with E-state index in [0.717, 1.165) is 6.42 Å². The first-order valence-electron chi connectivity index (χ1n) is 8.84. The molecule has 1 N–H and O–H groups in total. The average Bonchev–Trinajstić information content (AvgIpc) is 3.38. The van der Waals surface area contributed by atoms with Gasteiger partial charge in [0.15, 0.2) is 5.96 Å². The predicted octanol–water partition coefficient (Wildman–Crippen LogP) is 2.83. The number of alkyl halides is 3. The van der Waals surface area contributed by atoms with Crippen molar-refractivity contribution in [1.29, 1.82) is 0 Å². The van der Waals surface area contributed by atoms with Crippen molar-refractivity contribution >= 4 is 5.96 Å². The molecule has 3 unspecified atom stereocenters. The van der Waals surface area contributed by atoms with Gasteiger partial charge in [0, 0.05) is 45.2 Å². The Hall–Kier alpha value is -1.83. The second-order valence-electron chi connectivity index (χ2n) is 6.90. The molecule has 0 bridgehead atoms. The molecule has 1 aromatic rings. The zero-order valence-electron chi connectivity index (χ0n) is 14.9. The maximum absolute atomic E-state index is 13.9. The lowest BCUT2D eigenvalue weighted by Gasteiger charge is -2.39. The van der Waals surface area contributed by atoms with Crippen LogP contribution >= 0.6 is 0 Å². The molecule has 0 aromatic heterocycles. The van der Waals surface area contributed by atoms with Crippen molar-refractivity contribution in [3.63, 3.8) is 0 Å². The first-order chi connectivity index (χ1) is 12.3. The summed E-state index contributed by atoms with van der Waals surface area (Å²) in [7, 11) is 1.66. The molecule has 144 valence electrons. The summed E-state index contributed by atoms with van der Waals surface area (Å²) in [4.78, 5) is 7.67. The summed E-state index contributed by atoms with van der Waals surface area (Å²) in [5, 5.41) is 3.33. The molecule has 2 fully saturated rings. The monoisotopic (exact) mass is 372 g/mol. The van der Waals surface area contributed by atoms with Crippen molar-refractivity contribution in [3.05, 3.63) is 35.6 Å². The van der Waals surface area contributed by atoms with E-state index in [1.54, 1.807) is 19.2 Å². The highest BCUT2D eigenvalue weighted by atomic mass is 19.4. The number of hydrogen-bond acceptors (Lipinski definition) is 2. The second-order valence-corrected chi connectivity index (χ2v) is 6.90. The van der Waals surface area contributed by atoms with E-state index < -0.39 is 12.2 Å². The Kier molecular flexibility index (Phi) is 5.41. The second kappa shape index (κ2) is 7.42. The van der Waals surface area contributed by atoms with Crippen molar-refractivity contribution in [1.82, 2.24) is 15.1 Å². The van der Waals surface area contributed by atoms with E-state index in [2.05, 4.69) is 10.3 Å². The first-order valence-corrected chi connectivity index (χ1v) is 8.84. The van der Waals surface area contributed by atoms with Crippen molar-refractivity contribution < 1.29 is 17.6 Å². The third-order valence-corrected chi connectivity index (χ3v) is 5.26. The SMILES string of the molecule is CN=C(NC1CC1c1ccccc1F)N1CCN(C(C)C(F)(F)F)CC1. The molecule has 1 saturated carbocycles. The van der Waals surface area contributed by atoms with E-state index >= 15 is 0 Å². The molecule has 26 heavy (non-hydrogen) atoms. The number of nitrogens with zero attached hydrogens (tertiary/aromatic N) is 3. The quantitative estimate of drug-likeness (QED) is 0.503. The van der Waals surface area contributed by atoms with Gasteiger partial charge in [-0.25, -0.2) is 4.39 Å². The molecule has 1 aromatic carbocycles. The highest BCUT2D eigenvalue weighted by molar-refractivity contribution is 5.81. The molecular formula is C18H24F4N4. The fourth-order valence-electron chi connectivity index (χ4n) is 3.47. The topological polar surface area (TPSA) is 30.9 Å². The van der Waals surface area contributed by atoms with E-state index in [-0.39, 0.29) is 17.8 Å². The van der Waals surface area contributed by atoms with Gasteiger partial charge < -0.3 is 10.2 Å². The van der Waals surface area contributed by atoms with Crippen molar-refractivity contribution in [2.24, 2.45) is 4.99 Å². The molecule has 3 atom stereocenters. The van der Waals surface area contributed by atoms with Gasteiger partial charge in [-0.05, 0) is 25.0 Å². The average molecular weight is 372 g/mol. The van der Waals surface area contributed by atoms with Crippen LogP contribution in [-0.4, -0.2) is 67.2 Å². The van der Waals surface area contributed by atoms with E-state index in [1.165, 1.54) is 17.9 Å². The van der Waals surface area contributed by atoms with Crippen molar-refractivity contribution in [3.8, 4) is 0 Å². The van der Waals surface area contributed by atoms with Crippen LogP contribution in [0.3, 0.4) is 0 Å². The highest BCUT2D eigenvalue weighted by Gasteiger charge is 2.43. The number of nitrogens with one attached hydrogen (secondary N) is 1. The van der Waals surface area contributed by atoms with Gasteiger partial charge in [-0.1, -0.05) is 18.2 Å². The van der Waals surface area contributed by atoms with Crippen LogP contribution in [0.1, 0.15) is 24.8 Å². The maximum atomic E-state index is 13.9. The van der Waals surface area contributed by atoms with E-state index in [9.17, 15) is 17.6 Å². The van der Waals surface area contributed by atoms with Crippen LogP contribution in [0.15, 0.2) is 29.3 Å². The minimum Gasteiger partial charge on any atom is -0.353 e. The molecule has 1 aliphatic heterocycles. The Bertz CT molecular complexity index is 653. The van der Waals surface area contributed by atoms with Crippen LogP contribution in [0.25, 0.3) is 0 Å². The molecule has 0 spiro atoms. The molecule has 2 aliphatic rings. The van der Waals surface area contributed by atoms with Gasteiger partial charge in [-0.15, -0.1) is 0 Å². The molecule has 0 radical (unpaired) electrons. The lowest BCUT2D eigenvalue weighted by molar-refractivity contribution is -0.181. The smallest absolute Gasteiger partial charge is 0.353 e. The molecule has 1 saturated heterocycles. The Morgan fingerprint density at radius 2 is 1.85 bits per heavy atom. The summed E-state index contributed by atoms with van der Waals surface area (Å²) in [6.45, 7) is 2.84. The third-order valence-electron chi connectivity index (χ3n) is 5.26. The van der Waals surface area contributed by atoms with Gasteiger partial charge in [0.05, 0.1) is 0 Å². The summed E-state index contributed by atoms with van der Waals surface area (Å²) in [5.74, 6) is 0.583. The van der Waals surface area contributed by atoms with Gasteiger partial charge in [0.2, 0.25) is 0 Å². The van der Waals surface area contributed by atoms with Crippen LogP contribution in [-0.2, 0) is 0 Å². The number of piperazine rings is 1. The summed E-state index contributed by atoms with van der Waals surface area (Å²) >= 11 is 0. The zero-order chi connectivity index (χ0) is 18.9. The van der Waals surface area contributed by atoms with E-state index in [1.807, 2.05) is 11.0 Å². The number of halogens is 4. The molecule has 0 amide bonds. The molecule has 1 aliphatic carbocycles. The highest BCUT2D eigenvalue weighted by Crippen LogP contribution is 2.41. The van der Waals surface area contributed by atoms with Crippen LogP contribution in [0, 0.1) is 5.82 Å². The summed E-state index contributed by atoms with van der Waals surface area (Å²) in [5.41, 5.74) is 0.698. The standard InChI is InChI=1S/C18H24F4N4/c1-12(18(20,21)22)25-7-9-26(10-8-25)17(23-2)24-16-11-14(16)13-5-3-4-6-15(13)19/h3-6,12,14,16H,7-11H2,1-2H3,(H,23,24). The fourth-order valence-corrected chi connectivity index (χ4v) is 3.47. The fraction of sp³-hybridized carbons (Fsp3) is 0.611. The van der Waals surface area contributed by atoms with Gasteiger partial charge in [0.25, 0.3) is 0 Å². The molecule has 3 rings (SSSR count). The van der Waals surface area contributed by atoms with Gasteiger partial charge in [-0.2, -0.15) is 13.2 Å². The Labute approximate surface area is 150 Å². The minimum atomic E-state index is -4.21. The van der Waals surface area contributed by atoms with E-state index in [0.29, 0.717) is 37.7 Å². The van der Waals surface area contributed by atoms with Gasteiger partial charge in [0.1, 0.15) is 11.9 Å². The van der Waals surface area contributed by atoms with Crippen molar-refractivity contribution in [2.45, 2.75) is 37.5 Å². The molecule has 1 heterocycles. The largest absolute Gasteiger partial charge is 0.403 e. The Balaban J connectivity index is 1.53. The number of rotatable bonds is 3. The molecule has 4 nitrogen and oxygen atoms in total. The van der Waals surface area contributed by atoms with Gasteiger partial charge >= 0.3 is 6.18 Å². The molecule has 8 heteroatoms. The Morgan fingerprint density at radius 1 is 1.19 bits per heavy atom. The first kappa shape index (κ1) is 18.9. The number of aliphatic imine (C=N–C) groups is 1. The normalized spacial score (nSPS) is 25.9. The lowest BCUT2D eigenvalue weighted by Crippen LogP contribution is -2.57. The van der Waals surface area contributed by atoms with Crippen molar-refractivity contribution in [2.75, 3.05) is 33.2 Å². The molecular weight excluding hydrogens is 348 g/mol. The third kappa shape index (κ3) is 4.11.